The molecule has 0 aliphatic rings. The van der Waals surface area contributed by atoms with Crippen molar-refractivity contribution in [1.29, 1.82) is 0 Å². The highest BCUT2D eigenvalue weighted by atomic mass is 32.1. The quantitative estimate of drug-likeness (QED) is 0.651. The first-order valence-electron chi connectivity index (χ1n) is 5.90. The molecule has 0 atom stereocenters. The van der Waals surface area contributed by atoms with Gasteiger partial charge < -0.3 is 14.3 Å². The van der Waals surface area contributed by atoms with Gasteiger partial charge in [-0.15, -0.1) is 0 Å². The second-order valence-electron chi connectivity index (χ2n) is 4.30. The number of H-pyrrole nitrogens is 1. The lowest BCUT2D eigenvalue weighted by molar-refractivity contribution is 0.191. The lowest BCUT2D eigenvalue weighted by Gasteiger charge is -2.04. The SMILES string of the molecule is COCCCCn1c(=S)[nH]c2cc(C)ccc21. The van der Waals surface area contributed by atoms with Gasteiger partial charge in [-0.2, -0.15) is 0 Å². The molecule has 1 aromatic carbocycles. The maximum absolute atomic E-state index is 5.35. The number of ether oxygens (including phenoxy) is 1. The number of aromatic nitrogens is 2. The molecule has 0 aliphatic heterocycles. The van der Waals surface area contributed by atoms with Crippen molar-refractivity contribution in [2.45, 2.75) is 26.3 Å². The Balaban J connectivity index is 2.21. The smallest absolute Gasteiger partial charge is 0.178 e. The predicted octanol–water partition coefficient (Wildman–Crippen LogP) is 3.43. The Kier molecular flexibility index (Phi) is 3.97. The number of aromatic amines is 1. The second-order valence-corrected chi connectivity index (χ2v) is 4.69. The number of nitrogens with zero attached hydrogens (tertiary/aromatic N) is 1. The number of rotatable bonds is 5. The van der Waals surface area contributed by atoms with Crippen LogP contribution in [0, 0.1) is 11.7 Å². The van der Waals surface area contributed by atoms with Gasteiger partial charge >= 0.3 is 0 Å². The molecule has 2 aromatic rings. The van der Waals surface area contributed by atoms with E-state index in [1.807, 2.05) is 0 Å². The molecule has 1 N–H and O–H groups in total. The van der Waals surface area contributed by atoms with Crippen molar-refractivity contribution in [3.05, 3.63) is 28.5 Å². The fourth-order valence-electron chi connectivity index (χ4n) is 2.02. The molecule has 4 heteroatoms. The van der Waals surface area contributed by atoms with Crippen LogP contribution < -0.4 is 0 Å². The zero-order chi connectivity index (χ0) is 12.3. The molecule has 2 rings (SSSR count). The molecule has 0 spiro atoms. The Morgan fingerprint density at radius 2 is 2.18 bits per heavy atom. The van der Waals surface area contributed by atoms with Gasteiger partial charge in [-0.25, -0.2) is 0 Å². The van der Waals surface area contributed by atoms with E-state index in [-0.39, 0.29) is 0 Å². The molecule has 0 amide bonds. The molecule has 0 radical (unpaired) electrons. The molecule has 0 aliphatic carbocycles. The first-order valence-corrected chi connectivity index (χ1v) is 6.31. The van der Waals surface area contributed by atoms with E-state index in [1.165, 1.54) is 11.1 Å². The van der Waals surface area contributed by atoms with Gasteiger partial charge in [0.1, 0.15) is 0 Å². The van der Waals surface area contributed by atoms with Gasteiger partial charge in [0.15, 0.2) is 4.77 Å². The second kappa shape index (κ2) is 5.47. The maximum Gasteiger partial charge on any atom is 0.178 e. The monoisotopic (exact) mass is 250 g/mol. The Bertz CT molecular complexity index is 556. The Morgan fingerprint density at radius 3 is 2.94 bits per heavy atom. The normalized spacial score (nSPS) is 11.2. The number of imidazole rings is 1. The Hall–Kier alpha value is -1.13. The minimum atomic E-state index is 0.808. The van der Waals surface area contributed by atoms with E-state index >= 15 is 0 Å². The molecule has 0 unspecified atom stereocenters. The van der Waals surface area contributed by atoms with Gasteiger partial charge in [-0.3, -0.25) is 0 Å². The van der Waals surface area contributed by atoms with E-state index in [4.69, 9.17) is 17.0 Å². The van der Waals surface area contributed by atoms with E-state index in [1.54, 1.807) is 7.11 Å². The van der Waals surface area contributed by atoms with Gasteiger partial charge in [0, 0.05) is 20.3 Å². The number of hydrogen-bond donors (Lipinski definition) is 1. The third-order valence-electron chi connectivity index (χ3n) is 2.91. The summed E-state index contributed by atoms with van der Waals surface area (Å²) in [6.07, 6.45) is 2.15. The molecular weight excluding hydrogens is 232 g/mol. The number of methoxy groups -OCH3 is 1. The van der Waals surface area contributed by atoms with E-state index in [0.717, 1.165) is 36.3 Å². The van der Waals surface area contributed by atoms with Crippen LogP contribution in [0.25, 0.3) is 11.0 Å². The van der Waals surface area contributed by atoms with Crippen LogP contribution in [0.5, 0.6) is 0 Å². The van der Waals surface area contributed by atoms with Crippen LogP contribution in [0.2, 0.25) is 0 Å². The maximum atomic E-state index is 5.35. The molecular formula is C13H18N2OS. The summed E-state index contributed by atoms with van der Waals surface area (Å²) in [7, 11) is 1.74. The summed E-state index contributed by atoms with van der Waals surface area (Å²) in [5.41, 5.74) is 3.57. The number of hydrogen-bond acceptors (Lipinski definition) is 2. The molecule has 3 nitrogen and oxygen atoms in total. The van der Waals surface area contributed by atoms with Crippen molar-refractivity contribution in [2.24, 2.45) is 0 Å². The van der Waals surface area contributed by atoms with Crippen molar-refractivity contribution < 1.29 is 4.74 Å². The Labute approximate surface area is 106 Å². The molecule has 17 heavy (non-hydrogen) atoms. The van der Waals surface area contributed by atoms with Gasteiger partial charge in [-0.05, 0) is 49.7 Å². The highest BCUT2D eigenvalue weighted by Crippen LogP contribution is 2.16. The fourth-order valence-corrected chi connectivity index (χ4v) is 2.32. The number of nitrogens with one attached hydrogen (secondary N) is 1. The van der Waals surface area contributed by atoms with Gasteiger partial charge in [-0.1, -0.05) is 6.07 Å². The third kappa shape index (κ3) is 2.76. The zero-order valence-electron chi connectivity index (χ0n) is 10.3. The summed E-state index contributed by atoms with van der Waals surface area (Å²) in [6, 6.07) is 6.39. The average Bonchev–Trinajstić information content (AvgIpc) is 2.60. The van der Waals surface area contributed by atoms with E-state index < -0.39 is 0 Å². The van der Waals surface area contributed by atoms with Crippen molar-refractivity contribution >= 4 is 23.3 Å². The summed E-state index contributed by atoms with van der Waals surface area (Å²) >= 11 is 5.35. The number of benzene rings is 1. The minimum absolute atomic E-state index is 0.808. The van der Waals surface area contributed by atoms with Crippen LogP contribution >= 0.6 is 12.2 Å². The topological polar surface area (TPSA) is 29.9 Å². The fraction of sp³-hybridized carbons (Fsp3) is 0.462. The van der Waals surface area contributed by atoms with E-state index in [2.05, 4.69) is 34.7 Å². The van der Waals surface area contributed by atoms with Crippen LogP contribution in [-0.4, -0.2) is 23.3 Å². The standard InChI is InChI=1S/C13H18N2OS/c1-10-5-6-12-11(9-10)14-13(17)15(12)7-3-4-8-16-2/h5-6,9H,3-4,7-8H2,1-2H3,(H,14,17). The molecule has 0 fully saturated rings. The third-order valence-corrected chi connectivity index (χ3v) is 3.23. The van der Waals surface area contributed by atoms with E-state index in [9.17, 15) is 0 Å². The Morgan fingerprint density at radius 1 is 1.35 bits per heavy atom. The summed E-state index contributed by atoms with van der Waals surface area (Å²) in [5.74, 6) is 0. The lowest BCUT2D eigenvalue weighted by Crippen LogP contribution is -1.99. The summed E-state index contributed by atoms with van der Waals surface area (Å²) < 4.78 is 8.03. The zero-order valence-corrected chi connectivity index (χ0v) is 11.1. The average molecular weight is 250 g/mol. The summed E-state index contributed by atoms with van der Waals surface area (Å²) in [5, 5.41) is 0. The van der Waals surface area contributed by atoms with Crippen LogP contribution in [0.3, 0.4) is 0 Å². The summed E-state index contributed by atoms with van der Waals surface area (Å²) in [4.78, 5) is 3.26. The van der Waals surface area contributed by atoms with Crippen molar-refractivity contribution in [2.75, 3.05) is 13.7 Å². The largest absolute Gasteiger partial charge is 0.385 e. The predicted molar refractivity (Wildman–Crippen MR) is 73.0 cm³/mol. The first-order chi connectivity index (χ1) is 8.22. The van der Waals surface area contributed by atoms with Gasteiger partial charge in [0.2, 0.25) is 0 Å². The van der Waals surface area contributed by atoms with Crippen molar-refractivity contribution in [3.8, 4) is 0 Å². The molecule has 0 saturated carbocycles. The van der Waals surface area contributed by atoms with Gasteiger partial charge in [0.05, 0.1) is 11.0 Å². The first kappa shape index (κ1) is 12.3. The molecule has 0 saturated heterocycles. The molecule has 1 aromatic heterocycles. The summed E-state index contributed by atoms with van der Waals surface area (Å²) in [6.45, 7) is 3.85. The van der Waals surface area contributed by atoms with Crippen molar-refractivity contribution in [3.63, 3.8) is 0 Å². The van der Waals surface area contributed by atoms with Crippen molar-refractivity contribution in [1.82, 2.24) is 9.55 Å². The van der Waals surface area contributed by atoms with Crippen LogP contribution in [0.15, 0.2) is 18.2 Å². The highest BCUT2D eigenvalue weighted by Gasteiger charge is 2.03. The van der Waals surface area contributed by atoms with Crippen LogP contribution in [0.4, 0.5) is 0 Å². The van der Waals surface area contributed by atoms with Crippen LogP contribution in [-0.2, 0) is 11.3 Å². The lowest BCUT2D eigenvalue weighted by atomic mass is 10.2. The van der Waals surface area contributed by atoms with E-state index in [0.29, 0.717) is 0 Å². The number of aryl methyl sites for hydroxylation is 2. The molecule has 0 bridgehead atoms. The van der Waals surface area contributed by atoms with Gasteiger partial charge in [0.25, 0.3) is 0 Å². The number of unbranched alkanes of at least 4 members (excludes halogenated alkanes) is 1. The van der Waals surface area contributed by atoms with Crippen LogP contribution in [0.1, 0.15) is 18.4 Å². The molecule has 92 valence electrons. The number of fused-ring (bicyclic) bond motifs is 1. The highest BCUT2D eigenvalue weighted by molar-refractivity contribution is 7.71. The minimum Gasteiger partial charge on any atom is -0.385 e. The molecule has 1 heterocycles.